The van der Waals surface area contributed by atoms with Crippen LogP contribution in [-0.4, -0.2) is 41.1 Å². The van der Waals surface area contributed by atoms with Gasteiger partial charge in [0.25, 0.3) is 11.8 Å². The van der Waals surface area contributed by atoms with Crippen LogP contribution in [0.3, 0.4) is 0 Å². The maximum atomic E-state index is 12.9. The summed E-state index contributed by atoms with van der Waals surface area (Å²) >= 11 is 0. The Balaban J connectivity index is 1.37. The molecule has 2 aromatic carbocycles. The van der Waals surface area contributed by atoms with Crippen LogP contribution >= 0.6 is 0 Å². The van der Waals surface area contributed by atoms with Crippen molar-refractivity contribution in [2.24, 2.45) is 0 Å². The highest BCUT2D eigenvalue weighted by molar-refractivity contribution is 5.97. The molecule has 1 amide bonds. The van der Waals surface area contributed by atoms with E-state index >= 15 is 0 Å². The summed E-state index contributed by atoms with van der Waals surface area (Å²) in [7, 11) is 1.55. The van der Waals surface area contributed by atoms with Gasteiger partial charge in [-0.05, 0) is 42.8 Å². The molecule has 2 heterocycles. The zero-order valence-corrected chi connectivity index (χ0v) is 15.9. The summed E-state index contributed by atoms with van der Waals surface area (Å²) < 4.78 is 29.0. The number of methoxy groups -OCH3 is 1. The molecule has 0 aliphatic carbocycles. The monoisotopic (exact) mass is 397 g/mol. The van der Waals surface area contributed by atoms with E-state index in [-0.39, 0.29) is 24.2 Å². The number of halogens is 1. The van der Waals surface area contributed by atoms with Crippen LogP contribution in [0, 0.1) is 5.82 Å². The number of carbonyl (C=O) groups excluding carboxylic acids is 1. The number of amides is 1. The number of hydrogen-bond donors (Lipinski definition) is 0. The van der Waals surface area contributed by atoms with Crippen LogP contribution in [0.5, 0.6) is 11.5 Å². The molecule has 0 saturated carbocycles. The lowest BCUT2D eigenvalue weighted by Crippen LogP contribution is -2.28. The third-order valence-electron chi connectivity index (χ3n) is 4.84. The third kappa shape index (κ3) is 4.21. The van der Waals surface area contributed by atoms with E-state index in [0.29, 0.717) is 41.9 Å². The van der Waals surface area contributed by atoms with Crippen molar-refractivity contribution in [3.63, 3.8) is 0 Å². The van der Waals surface area contributed by atoms with Crippen LogP contribution in [0.1, 0.15) is 34.4 Å². The topological polar surface area (TPSA) is 77.7 Å². The largest absolute Gasteiger partial charge is 0.496 e. The van der Waals surface area contributed by atoms with Crippen LogP contribution in [0.2, 0.25) is 0 Å². The lowest BCUT2D eigenvalue weighted by Gasteiger charge is -2.17. The number of rotatable bonds is 6. The summed E-state index contributed by atoms with van der Waals surface area (Å²) in [5, 5.41) is 4.04. The molecule has 1 unspecified atom stereocenters. The van der Waals surface area contributed by atoms with Crippen LogP contribution in [-0.2, 0) is 6.61 Å². The first kappa shape index (κ1) is 18.9. The van der Waals surface area contributed by atoms with Gasteiger partial charge >= 0.3 is 0 Å². The molecule has 3 aromatic rings. The highest BCUT2D eigenvalue weighted by Gasteiger charge is 2.32. The maximum absolute atomic E-state index is 12.9. The fourth-order valence-electron chi connectivity index (χ4n) is 3.32. The first-order valence-corrected chi connectivity index (χ1v) is 9.27. The van der Waals surface area contributed by atoms with Gasteiger partial charge in [0.2, 0.25) is 0 Å². The lowest BCUT2D eigenvalue weighted by atomic mass is 10.1. The molecule has 29 heavy (non-hydrogen) atoms. The van der Waals surface area contributed by atoms with Crippen LogP contribution < -0.4 is 9.47 Å². The van der Waals surface area contributed by atoms with Crippen molar-refractivity contribution >= 4 is 5.91 Å². The quantitative estimate of drug-likeness (QED) is 0.634. The molecule has 0 N–H and O–H groups in total. The SMILES string of the molecule is COc1ccccc1C(=O)N1CCC(c2noc(COc3ccc(F)cc3)n2)C1. The zero-order chi connectivity index (χ0) is 20.2. The predicted octanol–water partition coefficient (Wildman–Crippen LogP) is 3.43. The number of carbonyl (C=O) groups is 1. The summed E-state index contributed by atoms with van der Waals surface area (Å²) in [5.74, 6) is 1.55. The minimum atomic E-state index is -0.328. The number of benzene rings is 2. The Hall–Kier alpha value is -3.42. The Morgan fingerprint density at radius 1 is 1.24 bits per heavy atom. The summed E-state index contributed by atoms with van der Waals surface area (Å²) in [6.45, 7) is 1.21. The van der Waals surface area contributed by atoms with Gasteiger partial charge in [-0.15, -0.1) is 0 Å². The first-order chi connectivity index (χ1) is 14.1. The van der Waals surface area contributed by atoms with E-state index < -0.39 is 0 Å². The zero-order valence-electron chi connectivity index (χ0n) is 15.9. The van der Waals surface area contributed by atoms with Crippen molar-refractivity contribution in [3.05, 3.63) is 71.6 Å². The summed E-state index contributed by atoms with van der Waals surface area (Å²) in [6, 6.07) is 12.9. The molecular weight excluding hydrogens is 377 g/mol. The van der Waals surface area contributed by atoms with Gasteiger partial charge in [-0.2, -0.15) is 4.98 Å². The lowest BCUT2D eigenvalue weighted by molar-refractivity contribution is 0.0787. The maximum Gasteiger partial charge on any atom is 0.264 e. The Bertz CT molecular complexity index is 990. The van der Waals surface area contributed by atoms with Gasteiger partial charge in [0, 0.05) is 19.0 Å². The highest BCUT2D eigenvalue weighted by Crippen LogP contribution is 2.28. The molecular formula is C21H20FN3O4. The van der Waals surface area contributed by atoms with E-state index in [2.05, 4.69) is 10.1 Å². The smallest absolute Gasteiger partial charge is 0.264 e. The van der Waals surface area contributed by atoms with Crippen molar-refractivity contribution in [1.29, 1.82) is 0 Å². The standard InChI is InChI=1S/C21H20FN3O4/c1-27-18-5-3-2-4-17(18)21(26)25-11-10-14(12-25)20-23-19(29-24-20)13-28-16-8-6-15(22)7-9-16/h2-9,14H,10-13H2,1H3. The third-order valence-corrected chi connectivity index (χ3v) is 4.84. The first-order valence-electron chi connectivity index (χ1n) is 9.27. The van der Waals surface area contributed by atoms with Gasteiger partial charge in [0.15, 0.2) is 12.4 Å². The van der Waals surface area contributed by atoms with E-state index in [4.69, 9.17) is 14.0 Å². The Kier molecular flexibility index (Phi) is 5.41. The normalized spacial score (nSPS) is 16.1. The molecule has 0 bridgehead atoms. The molecule has 0 spiro atoms. The van der Waals surface area contributed by atoms with Gasteiger partial charge in [-0.25, -0.2) is 4.39 Å². The molecule has 1 saturated heterocycles. The molecule has 4 rings (SSSR count). The van der Waals surface area contributed by atoms with Crippen molar-refractivity contribution in [3.8, 4) is 11.5 Å². The fraction of sp³-hybridized carbons (Fsp3) is 0.286. The molecule has 7 nitrogen and oxygen atoms in total. The van der Waals surface area contributed by atoms with Gasteiger partial charge in [-0.3, -0.25) is 4.79 Å². The fourth-order valence-corrected chi connectivity index (χ4v) is 3.32. The second kappa shape index (κ2) is 8.30. The Morgan fingerprint density at radius 3 is 2.83 bits per heavy atom. The van der Waals surface area contributed by atoms with Crippen molar-refractivity contribution in [1.82, 2.24) is 15.0 Å². The molecule has 1 atom stereocenters. The van der Waals surface area contributed by atoms with Crippen LogP contribution in [0.15, 0.2) is 53.1 Å². The molecule has 0 radical (unpaired) electrons. The van der Waals surface area contributed by atoms with E-state index in [1.54, 1.807) is 24.1 Å². The average Bonchev–Trinajstić information content (AvgIpc) is 3.42. The molecule has 1 fully saturated rings. The van der Waals surface area contributed by atoms with Crippen molar-refractivity contribution in [2.75, 3.05) is 20.2 Å². The number of likely N-dealkylation sites (tertiary alicyclic amines) is 1. The summed E-state index contributed by atoms with van der Waals surface area (Å²) in [4.78, 5) is 19.0. The number of hydrogen-bond acceptors (Lipinski definition) is 6. The van der Waals surface area contributed by atoms with Crippen LogP contribution in [0.4, 0.5) is 4.39 Å². The highest BCUT2D eigenvalue weighted by atomic mass is 19.1. The van der Waals surface area contributed by atoms with E-state index in [1.165, 1.54) is 24.3 Å². The minimum absolute atomic E-state index is 0.00280. The van der Waals surface area contributed by atoms with Crippen molar-refractivity contribution < 1.29 is 23.2 Å². The molecule has 150 valence electrons. The summed E-state index contributed by atoms with van der Waals surface area (Å²) in [6.07, 6.45) is 0.749. The van der Waals surface area contributed by atoms with Gasteiger partial charge in [-0.1, -0.05) is 17.3 Å². The van der Waals surface area contributed by atoms with Crippen molar-refractivity contribution in [2.45, 2.75) is 18.9 Å². The van der Waals surface area contributed by atoms with Crippen LogP contribution in [0.25, 0.3) is 0 Å². The Morgan fingerprint density at radius 2 is 2.03 bits per heavy atom. The number of ether oxygens (including phenoxy) is 2. The molecule has 8 heteroatoms. The summed E-state index contributed by atoms with van der Waals surface area (Å²) in [5.41, 5.74) is 0.539. The van der Waals surface area contributed by atoms with E-state index in [1.807, 2.05) is 12.1 Å². The number of aromatic nitrogens is 2. The van der Waals surface area contributed by atoms with E-state index in [0.717, 1.165) is 6.42 Å². The second-order valence-corrected chi connectivity index (χ2v) is 6.73. The predicted molar refractivity (Wildman–Crippen MR) is 101 cm³/mol. The van der Waals surface area contributed by atoms with Gasteiger partial charge in [0.05, 0.1) is 12.7 Å². The van der Waals surface area contributed by atoms with Gasteiger partial charge in [0.1, 0.15) is 17.3 Å². The van der Waals surface area contributed by atoms with E-state index in [9.17, 15) is 9.18 Å². The van der Waals surface area contributed by atoms with Gasteiger partial charge < -0.3 is 18.9 Å². The second-order valence-electron chi connectivity index (χ2n) is 6.73. The number of para-hydroxylation sites is 1. The molecule has 1 aliphatic heterocycles. The molecule has 1 aliphatic rings. The minimum Gasteiger partial charge on any atom is -0.496 e. The Labute approximate surface area is 167 Å². The number of nitrogens with zero attached hydrogens (tertiary/aromatic N) is 3. The molecule has 1 aromatic heterocycles. The average molecular weight is 397 g/mol.